The molecule has 3 heterocycles. The van der Waals surface area contributed by atoms with Gasteiger partial charge >= 0.3 is 12.2 Å². The van der Waals surface area contributed by atoms with Crippen molar-refractivity contribution >= 4 is 17.9 Å². The number of fused-ring (bicyclic) bond motifs is 7. The highest BCUT2D eigenvalue weighted by Gasteiger charge is 2.64. The second kappa shape index (κ2) is 6.51. The first-order valence-corrected chi connectivity index (χ1v) is 10.6. The molecular formula is C24H23N3O4. The number of para-hydroxylation sites is 1. The molecule has 2 amide bonds. The van der Waals surface area contributed by atoms with E-state index in [1.54, 1.807) is 0 Å². The van der Waals surface area contributed by atoms with Gasteiger partial charge in [-0.05, 0) is 29.7 Å². The number of amides is 2. The van der Waals surface area contributed by atoms with Crippen LogP contribution in [0, 0.1) is 0 Å². The SMILES string of the molecule is C[C@@]12CCOC(=O)N1N(C(=O)OCc1ccccc1)[C@@H]1C2=C[C@H]2c3ccccc3N[C@@H]12. The summed E-state index contributed by atoms with van der Waals surface area (Å²) in [5.74, 6) is 0.151. The van der Waals surface area contributed by atoms with Crippen molar-refractivity contribution in [2.45, 2.75) is 43.5 Å². The van der Waals surface area contributed by atoms with Gasteiger partial charge in [0.1, 0.15) is 12.6 Å². The summed E-state index contributed by atoms with van der Waals surface area (Å²) >= 11 is 0. The molecule has 0 aromatic heterocycles. The number of hydrogen-bond acceptors (Lipinski definition) is 5. The van der Waals surface area contributed by atoms with Gasteiger partial charge in [-0.3, -0.25) is 0 Å². The van der Waals surface area contributed by atoms with E-state index in [4.69, 9.17) is 9.47 Å². The molecule has 1 aliphatic carbocycles. The fourth-order valence-corrected chi connectivity index (χ4v) is 5.52. The third-order valence-electron chi connectivity index (χ3n) is 6.99. The van der Waals surface area contributed by atoms with Crippen molar-refractivity contribution in [3.63, 3.8) is 0 Å². The largest absolute Gasteiger partial charge is 0.448 e. The van der Waals surface area contributed by atoms with Crippen molar-refractivity contribution in [2.75, 3.05) is 11.9 Å². The summed E-state index contributed by atoms with van der Waals surface area (Å²) in [7, 11) is 0. The van der Waals surface area contributed by atoms with Crippen LogP contribution in [0.4, 0.5) is 15.3 Å². The molecule has 158 valence electrons. The number of carbonyl (C=O) groups excluding carboxylic acids is 2. The van der Waals surface area contributed by atoms with E-state index in [-0.39, 0.29) is 24.6 Å². The molecule has 4 atom stereocenters. The third-order valence-corrected chi connectivity index (χ3v) is 6.99. The normalized spacial score (nSPS) is 29.9. The predicted octanol–water partition coefficient (Wildman–Crippen LogP) is 4.04. The molecule has 7 heteroatoms. The summed E-state index contributed by atoms with van der Waals surface area (Å²) in [5, 5.41) is 6.55. The highest BCUT2D eigenvalue weighted by molar-refractivity contribution is 5.80. The van der Waals surface area contributed by atoms with Crippen molar-refractivity contribution in [3.05, 3.63) is 77.4 Å². The Bertz CT molecular complexity index is 1100. The highest BCUT2D eigenvalue weighted by atomic mass is 16.6. The van der Waals surface area contributed by atoms with Crippen LogP contribution < -0.4 is 5.32 Å². The number of cyclic esters (lactones) is 1. The van der Waals surface area contributed by atoms with Crippen molar-refractivity contribution in [3.8, 4) is 0 Å². The Labute approximate surface area is 180 Å². The topological polar surface area (TPSA) is 71.1 Å². The molecule has 0 radical (unpaired) electrons. The smallest absolute Gasteiger partial charge is 0.429 e. The van der Waals surface area contributed by atoms with E-state index in [1.165, 1.54) is 15.6 Å². The Morgan fingerprint density at radius 3 is 2.81 bits per heavy atom. The lowest BCUT2D eigenvalue weighted by Crippen LogP contribution is -2.59. The Kier molecular flexibility index (Phi) is 3.84. The number of benzene rings is 2. The average molecular weight is 417 g/mol. The van der Waals surface area contributed by atoms with Gasteiger partial charge in [0.2, 0.25) is 0 Å². The zero-order valence-corrected chi connectivity index (χ0v) is 17.2. The summed E-state index contributed by atoms with van der Waals surface area (Å²) in [5.41, 5.74) is 3.67. The number of rotatable bonds is 2. The second-order valence-electron chi connectivity index (χ2n) is 8.68. The molecular weight excluding hydrogens is 394 g/mol. The fraction of sp³-hybridized carbons (Fsp3) is 0.333. The molecule has 7 nitrogen and oxygen atoms in total. The van der Waals surface area contributed by atoms with Crippen molar-refractivity contribution in [1.82, 2.24) is 10.0 Å². The molecule has 3 aliphatic heterocycles. The molecule has 2 saturated heterocycles. The first-order valence-electron chi connectivity index (χ1n) is 10.6. The van der Waals surface area contributed by atoms with Crippen LogP contribution in [0.5, 0.6) is 0 Å². The quantitative estimate of drug-likeness (QED) is 0.747. The lowest BCUT2D eigenvalue weighted by atomic mass is 9.86. The molecule has 31 heavy (non-hydrogen) atoms. The first kappa shape index (κ1) is 18.3. The van der Waals surface area contributed by atoms with Crippen molar-refractivity contribution in [2.24, 2.45) is 0 Å². The molecule has 1 N–H and O–H groups in total. The van der Waals surface area contributed by atoms with Gasteiger partial charge in [0, 0.05) is 18.0 Å². The molecule has 0 spiro atoms. The van der Waals surface area contributed by atoms with E-state index in [0.29, 0.717) is 13.0 Å². The second-order valence-corrected chi connectivity index (χ2v) is 8.68. The fourth-order valence-electron chi connectivity index (χ4n) is 5.52. The molecule has 0 bridgehead atoms. The van der Waals surface area contributed by atoms with E-state index in [1.807, 2.05) is 49.4 Å². The Hall–Kier alpha value is -3.48. The van der Waals surface area contributed by atoms with Crippen LogP contribution in [0.1, 0.15) is 30.4 Å². The van der Waals surface area contributed by atoms with Crippen LogP contribution in [0.2, 0.25) is 0 Å². The lowest BCUT2D eigenvalue weighted by Gasteiger charge is -2.41. The summed E-state index contributed by atoms with van der Waals surface area (Å²) in [6.07, 6.45) is 1.82. The Morgan fingerprint density at radius 1 is 1.19 bits per heavy atom. The molecule has 2 aromatic carbocycles. The van der Waals surface area contributed by atoms with E-state index in [0.717, 1.165) is 16.8 Å². The summed E-state index contributed by atoms with van der Waals surface area (Å²) < 4.78 is 11.0. The first-order chi connectivity index (χ1) is 15.1. The lowest BCUT2D eigenvalue weighted by molar-refractivity contribution is -0.0727. The molecule has 0 saturated carbocycles. The number of nitrogens with zero attached hydrogens (tertiary/aromatic N) is 2. The monoisotopic (exact) mass is 417 g/mol. The maximum absolute atomic E-state index is 13.4. The summed E-state index contributed by atoms with van der Waals surface area (Å²) in [6, 6.07) is 17.4. The van der Waals surface area contributed by atoms with Gasteiger partial charge in [-0.15, -0.1) is 0 Å². The van der Waals surface area contributed by atoms with E-state index in [9.17, 15) is 9.59 Å². The summed E-state index contributed by atoms with van der Waals surface area (Å²) in [4.78, 5) is 26.2. The maximum atomic E-state index is 13.4. The molecule has 0 unspecified atom stereocenters. The van der Waals surface area contributed by atoms with Crippen LogP contribution in [0.25, 0.3) is 0 Å². The molecule has 2 aromatic rings. The minimum atomic E-state index is -0.604. The standard InChI is InChI=1S/C24H23N3O4/c1-24-11-12-30-23(29)27(24)26(22(28)31-14-15-7-3-2-4-8-15)21-18(24)13-17-16-9-5-6-10-19(16)25-20(17)21/h2-10,13,17,20-21,25H,11-12,14H2,1H3/t17-,20+,21+,24-/m0/s1. The third kappa shape index (κ3) is 2.52. The number of hydrogen-bond donors (Lipinski definition) is 1. The number of carbonyl (C=O) groups is 2. The van der Waals surface area contributed by atoms with Crippen LogP contribution in [-0.4, -0.2) is 46.4 Å². The van der Waals surface area contributed by atoms with Crippen LogP contribution in [0.15, 0.2) is 66.2 Å². The molecule has 6 rings (SSSR count). The van der Waals surface area contributed by atoms with Gasteiger partial charge in [-0.2, -0.15) is 0 Å². The van der Waals surface area contributed by atoms with Gasteiger partial charge in [0.25, 0.3) is 0 Å². The number of nitrogens with one attached hydrogen (secondary N) is 1. The number of hydrazine groups is 1. The maximum Gasteiger partial charge on any atom is 0.429 e. The highest BCUT2D eigenvalue weighted by Crippen LogP contribution is 2.55. The van der Waals surface area contributed by atoms with Crippen LogP contribution in [-0.2, 0) is 16.1 Å². The van der Waals surface area contributed by atoms with Gasteiger partial charge in [0.15, 0.2) is 0 Å². The van der Waals surface area contributed by atoms with Crippen molar-refractivity contribution < 1.29 is 19.1 Å². The van der Waals surface area contributed by atoms with Crippen LogP contribution in [0.3, 0.4) is 0 Å². The zero-order chi connectivity index (χ0) is 21.2. The van der Waals surface area contributed by atoms with Gasteiger partial charge in [0.05, 0.1) is 18.2 Å². The van der Waals surface area contributed by atoms with Gasteiger partial charge in [-0.1, -0.05) is 54.6 Å². The Morgan fingerprint density at radius 2 is 1.97 bits per heavy atom. The molecule has 2 fully saturated rings. The van der Waals surface area contributed by atoms with Crippen molar-refractivity contribution in [1.29, 1.82) is 0 Å². The Balaban J connectivity index is 1.37. The van der Waals surface area contributed by atoms with Gasteiger partial charge < -0.3 is 14.8 Å². The minimum absolute atomic E-state index is 0.0492. The predicted molar refractivity (Wildman–Crippen MR) is 113 cm³/mol. The average Bonchev–Trinajstić information content (AvgIpc) is 3.40. The summed E-state index contributed by atoms with van der Waals surface area (Å²) in [6.45, 7) is 2.50. The van der Waals surface area contributed by atoms with E-state index < -0.39 is 17.7 Å². The number of ether oxygens (including phenoxy) is 2. The van der Waals surface area contributed by atoms with Gasteiger partial charge in [-0.25, -0.2) is 19.6 Å². The number of anilines is 1. The zero-order valence-electron chi connectivity index (χ0n) is 17.2. The van der Waals surface area contributed by atoms with E-state index in [2.05, 4.69) is 23.5 Å². The molecule has 4 aliphatic rings. The minimum Gasteiger partial charge on any atom is -0.448 e. The van der Waals surface area contributed by atoms with Crippen LogP contribution >= 0.6 is 0 Å². The van der Waals surface area contributed by atoms with E-state index >= 15 is 0 Å².